The highest BCUT2D eigenvalue weighted by Crippen LogP contribution is 2.39. The molecule has 2 aliphatic carbocycles. The van der Waals surface area contributed by atoms with Crippen LogP contribution in [0.5, 0.6) is 0 Å². The number of rotatable bonds is 2. The molecule has 2 nitrogen and oxygen atoms in total. The molecule has 1 saturated heterocycles. The molecule has 0 radical (unpaired) electrons. The molecule has 1 N–H and O–H groups in total. The third kappa shape index (κ3) is 1.49. The van der Waals surface area contributed by atoms with E-state index >= 15 is 0 Å². The van der Waals surface area contributed by atoms with Gasteiger partial charge in [-0.15, -0.1) is 0 Å². The fourth-order valence-electron chi connectivity index (χ4n) is 3.52. The van der Waals surface area contributed by atoms with Gasteiger partial charge in [-0.1, -0.05) is 6.42 Å². The molecule has 3 unspecified atom stereocenters. The topological polar surface area (TPSA) is 23.5 Å². The standard InChI is InChI=1S/C12H21NO/c14-12-5-4-10-7-13(8-11(10)12)6-9-2-1-3-9/h9-12,14H,1-8H2. The van der Waals surface area contributed by atoms with Crippen LogP contribution in [0.2, 0.25) is 0 Å². The van der Waals surface area contributed by atoms with Crippen LogP contribution in [-0.2, 0) is 0 Å². The van der Waals surface area contributed by atoms with Crippen molar-refractivity contribution >= 4 is 0 Å². The highest BCUT2D eigenvalue weighted by Gasteiger charge is 2.42. The van der Waals surface area contributed by atoms with Crippen LogP contribution in [0.3, 0.4) is 0 Å². The lowest BCUT2D eigenvalue weighted by molar-refractivity contribution is 0.118. The van der Waals surface area contributed by atoms with Gasteiger partial charge in [-0.25, -0.2) is 0 Å². The minimum absolute atomic E-state index is 0.0198. The van der Waals surface area contributed by atoms with E-state index in [2.05, 4.69) is 4.90 Å². The maximum Gasteiger partial charge on any atom is 0.0583 e. The van der Waals surface area contributed by atoms with E-state index in [0.29, 0.717) is 5.92 Å². The van der Waals surface area contributed by atoms with Crippen molar-refractivity contribution in [3.05, 3.63) is 0 Å². The molecule has 0 aromatic rings. The first-order valence-corrected chi connectivity index (χ1v) is 6.23. The van der Waals surface area contributed by atoms with Gasteiger partial charge in [-0.2, -0.15) is 0 Å². The highest BCUT2D eigenvalue weighted by molar-refractivity contribution is 4.94. The van der Waals surface area contributed by atoms with Gasteiger partial charge in [-0.05, 0) is 37.5 Å². The molecule has 3 rings (SSSR count). The summed E-state index contributed by atoms with van der Waals surface area (Å²) in [6, 6.07) is 0. The Morgan fingerprint density at radius 1 is 1.07 bits per heavy atom. The summed E-state index contributed by atoms with van der Waals surface area (Å²) in [4.78, 5) is 2.61. The molecule has 14 heavy (non-hydrogen) atoms. The van der Waals surface area contributed by atoms with Gasteiger partial charge in [0.25, 0.3) is 0 Å². The number of aliphatic hydroxyl groups excluding tert-OH is 1. The van der Waals surface area contributed by atoms with E-state index in [1.807, 2.05) is 0 Å². The maximum atomic E-state index is 9.80. The molecule has 0 bridgehead atoms. The number of hydrogen-bond donors (Lipinski definition) is 1. The summed E-state index contributed by atoms with van der Waals surface area (Å²) in [7, 11) is 0. The molecule has 1 heterocycles. The van der Waals surface area contributed by atoms with Gasteiger partial charge in [0.2, 0.25) is 0 Å². The first kappa shape index (κ1) is 9.17. The average molecular weight is 195 g/mol. The van der Waals surface area contributed by atoms with E-state index in [-0.39, 0.29) is 6.10 Å². The number of hydrogen-bond acceptors (Lipinski definition) is 2. The maximum absolute atomic E-state index is 9.80. The quantitative estimate of drug-likeness (QED) is 0.721. The predicted molar refractivity (Wildman–Crippen MR) is 56.0 cm³/mol. The Balaban J connectivity index is 1.54. The molecular weight excluding hydrogens is 174 g/mol. The van der Waals surface area contributed by atoms with Crippen LogP contribution in [0.15, 0.2) is 0 Å². The Kier molecular flexibility index (Phi) is 2.29. The van der Waals surface area contributed by atoms with Gasteiger partial charge in [-0.3, -0.25) is 0 Å². The molecule has 0 spiro atoms. The Labute approximate surface area is 86.3 Å². The van der Waals surface area contributed by atoms with Gasteiger partial charge in [0, 0.05) is 25.6 Å². The number of aliphatic hydroxyl groups is 1. The zero-order chi connectivity index (χ0) is 9.54. The van der Waals surface area contributed by atoms with Crippen LogP contribution in [0.25, 0.3) is 0 Å². The van der Waals surface area contributed by atoms with E-state index in [9.17, 15) is 5.11 Å². The summed E-state index contributed by atoms with van der Waals surface area (Å²) < 4.78 is 0. The zero-order valence-electron chi connectivity index (χ0n) is 8.86. The summed E-state index contributed by atoms with van der Waals surface area (Å²) in [6.07, 6.45) is 6.71. The second-order valence-electron chi connectivity index (χ2n) is 5.58. The third-order valence-electron chi connectivity index (χ3n) is 4.64. The summed E-state index contributed by atoms with van der Waals surface area (Å²) >= 11 is 0. The van der Waals surface area contributed by atoms with E-state index in [4.69, 9.17) is 0 Å². The monoisotopic (exact) mass is 195 g/mol. The van der Waals surface area contributed by atoms with Crippen molar-refractivity contribution in [2.45, 2.75) is 38.2 Å². The van der Waals surface area contributed by atoms with Crippen LogP contribution >= 0.6 is 0 Å². The predicted octanol–water partition coefficient (Wildman–Crippen LogP) is 1.49. The summed E-state index contributed by atoms with van der Waals surface area (Å²) in [5.41, 5.74) is 0. The Morgan fingerprint density at radius 3 is 2.57 bits per heavy atom. The largest absolute Gasteiger partial charge is 0.393 e. The van der Waals surface area contributed by atoms with Crippen LogP contribution in [0, 0.1) is 17.8 Å². The van der Waals surface area contributed by atoms with Crippen LogP contribution in [-0.4, -0.2) is 35.7 Å². The van der Waals surface area contributed by atoms with Crippen molar-refractivity contribution in [2.75, 3.05) is 19.6 Å². The van der Waals surface area contributed by atoms with Gasteiger partial charge in [0.15, 0.2) is 0 Å². The third-order valence-corrected chi connectivity index (χ3v) is 4.64. The molecule has 0 aromatic carbocycles. The minimum Gasteiger partial charge on any atom is -0.393 e. The molecule has 2 heteroatoms. The Bertz CT molecular complexity index is 214. The van der Waals surface area contributed by atoms with Crippen molar-refractivity contribution in [2.24, 2.45) is 17.8 Å². The van der Waals surface area contributed by atoms with Crippen molar-refractivity contribution in [3.63, 3.8) is 0 Å². The number of fused-ring (bicyclic) bond motifs is 1. The zero-order valence-corrected chi connectivity index (χ0v) is 8.86. The van der Waals surface area contributed by atoms with Crippen LogP contribution in [0.1, 0.15) is 32.1 Å². The fraction of sp³-hybridized carbons (Fsp3) is 1.00. The summed E-state index contributed by atoms with van der Waals surface area (Å²) in [6.45, 7) is 3.78. The second-order valence-corrected chi connectivity index (χ2v) is 5.58. The molecule has 80 valence electrons. The number of likely N-dealkylation sites (tertiary alicyclic amines) is 1. The van der Waals surface area contributed by atoms with Gasteiger partial charge in [0.05, 0.1) is 6.10 Å². The smallest absolute Gasteiger partial charge is 0.0583 e. The Morgan fingerprint density at radius 2 is 1.93 bits per heavy atom. The summed E-state index contributed by atoms with van der Waals surface area (Å²) in [5.74, 6) is 2.44. The lowest BCUT2D eigenvalue weighted by atomic mass is 9.85. The van der Waals surface area contributed by atoms with Crippen molar-refractivity contribution < 1.29 is 5.11 Å². The molecule has 3 atom stereocenters. The molecule has 3 aliphatic rings. The fourth-order valence-corrected chi connectivity index (χ4v) is 3.52. The lowest BCUT2D eigenvalue weighted by Crippen LogP contribution is -2.32. The van der Waals surface area contributed by atoms with Crippen molar-refractivity contribution in [1.29, 1.82) is 0 Å². The highest BCUT2D eigenvalue weighted by atomic mass is 16.3. The van der Waals surface area contributed by atoms with E-state index < -0.39 is 0 Å². The molecular formula is C12H21NO. The molecule has 3 fully saturated rings. The van der Waals surface area contributed by atoms with Crippen molar-refractivity contribution in [3.8, 4) is 0 Å². The molecule has 2 saturated carbocycles. The van der Waals surface area contributed by atoms with Gasteiger partial charge in [0.1, 0.15) is 0 Å². The van der Waals surface area contributed by atoms with E-state index in [1.165, 1.54) is 45.3 Å². The Hall–Kier alpha value is -0.0800. The SMILES string of the molecule is OC1CCC2CN(CC3CCC3)CC12. The summed E-state index contributed by atoms with van der Waals surface area (Å²) in [5, 5.41) is 9.80. The second kappa shape index (κ2) is 3.49. The van der Waals surface area contributed by atoms with Crippen molar-refractivity contribution in [1.82, 2.24) is 4.90 Å². The molecule has 0 aromatic heterocycles. The van der Waals surface area contributed by atoms with Gasteiger partial charge < -0.3 is 10.0 Å². The van der Waals surface area contributed by atoms with E-state index in [0.717, 1.165) is 18.3 Å². The molecule has 0 amide bonds. The normalized spacial score (nSPS) is 43.9. The van der Waals surface area contributed by atoms with Crippen LogP contribution in [0.4, 0.5) is 0 Å². The minimum atomic E-state index is 0.0198. The lowest BCUT2D eigenvalue weighted by Gasteiger charge is -2.30. The van der Waals surface area contributed by atoms with E-state index in [1.54, 1.807) is 0 Å². The first-order chi connectivity index (χ1) is 6.83. The van der Waals surface area contributed by atoms with Crippen LogP contribution < -0.4 is 0 Å². The first-order valence-electron chi connectivity index (χ1n) is 6.23. The van der Waals surface area contributed by atoms with Gasteiger partial charge >= 0.3 is 0 Å². The molecule has 1 aliphatic heterocycles. The number of nitrogens with zero attached hydrogens (tertiary/aromatic N) is 1. The average Bonchev–Trinajstić information content (AvgIpc) is 2.62.